The number of aromatic nitrogens is 2. The quantitative estimate of drug-likeness (QED) is 0.925. The molecule has 0 atom stereocenters. The van der Waals surface area contributed by atoms with Gasteiger partial charge in [0.15, 0.2) is 11.6 Å². The average molecular weight is 294 g/mol. The Kier molecular flexibility index (Phi) is 4.06. The third-order valence-corrected chi connectivity index (χ3v) is 3.27. The molecule has 1 saturated carbocycles. The molecule has 1 aliphatic carbocycles. The number of halogens is 2. The molecule has 1 fully saturated rings. The van der Waals surface area contributed by atoms with Crippen molar-refractivity contribution in [2.45, 2.75) is 32.7 Å². The van der Waals surface area contributed by atoms with E-state index in [9.17, 15) is 18.4 Å². The molecule has 6 heteroatoms. The van der Waals surface area contributed by atoms with E-state index in [1.54, 1.807) is 0 Å². The number of hydrogen-bond donors (Lipinski definition) is 1. The second-order valence-corrected chi connectivity index (χ2v) is 4.55. The summed E-state index contributed by atoms with van der Waals surface area (Å²) in [7, 11) is 0. The molecule has 1 heterocycles. The van der Waals surface area contributed by atoms with E-state index in [4.69, 9.17) is 0 Å². The molecule has 0 aliphatic heterocycles. The highest BCUT2D eigenvalue weighted by molar-refractivity contribution is 5.87. The molecular weight excluding hydrogens is 278 g/mol. The van der Waals surface area contributed by atoms with E-state index in [0.29, 0.717) is 0 Å². The third kappa shape index (κ3) is 2.41. The number of benzene rings is 1. The van der Waals surface area contributed by atoms with E-state index in [1.165, 1.54) is 4.57 Å². The van der Waals surface area contributed by atoms with Gasteiger partial charge in [-0.1, -0.05) is 26.5 Å². The lowest BCUT2D eigenvalue weighted by Crippen LogP contribution is -2.30. The third-order valence-electron chi connectivity index (χ3n) is 3.27. The van der Waals surface area contributed by atoms with Crippen LogP contribution in [0.3, 0.4) is 0 Å². The van der Waals surface area contributed by atoms with Crippen LogP contribution in [-0.4, -0.2) is 9.55 Å². The van der Waals surface area contributed by atoms with Crippen LogP contribution >= 0.6 is 0 Å². The van der Waals surface area contributed by atoms with Crippen molar-refractivity contribution in [1.82, 2.24) is 9.55 Å². The van der Waals surface area contributed by atoms with Crippen molar-refractivity contribution >= 4 is 17.0 Å². The van der Waals surface area contributed by atoms with Crippen LogP contribution in [0.5, 0.6) is 0 Å². The van der Waals surface area contributed by atoms with Crippen molar-refractivity contribution < 1.29 is 8.78 Å². The van der Waals surface area contributed by atoms with Crippen molar-refractivity contribution in [2.75, 3.05) is 0 Å². The second-order valence-electron chi connectivity index (χ2n) is 4.55. The molecule has 0 saturated heterocycles. The zero-order valence-corrected chi connectivity index (χ0v) is 11.9. The minimum atomic E-state index is -1.13. The lowest BCUT2D eigenvalue weighted by atomic mass is 10.1. The number of H-pyrrole nitrogens is 1. The predicted octanol–water partition coefficient (Wildman–Crippen LogP) is 2.97. The highest BCUT2D eigenvalue weighted by Crippen LogP contribution is 2.36. The van der Waals surface area contributed by atoms with E-state index in [2.05, 4.69) is 11.6 Å². The first-order chi connectivity index (χ1) is 10.0. The van der Waals surface area contributed by atoms with Gasteiger partial charge in [0.2, 0.25) is 0 Å². The Balaban J connectivity index is 0.000000774. The van der Waals surface area contributed by atoms with Crippen molar-refractivity contribution in [1.29, 1.82) is 0 Å². The molecule has 4 nitrogen and oxygen atoms in total. The maximum Gasteiger partial charge on any atom is 0.329 e. The van der Waals surface area contributed by atoms with Crippen LogP contribution in [0.15, 0.2) is 22.2 Å². The normalized spacial score (nSPS) is 13.7. The molecule has 2 aromatic rings. The molecule has 1 aromatic carbocycles. The molecule has 1 aliphatic rings. The molecule has 21 heavy (non-hydrogen) atoms. The summed E-state index contributed by atoms with van der Waals surface area (Å²) in [6, 6.07) is 0.741. The molecular formula is C15H16F2N2O2. The minimum absolute atomic E-state index is 0.0414. The van der Waals surface area contributed by atoms with Crippen LogP contribution in [0.25, 0.3) is 17.0 Å². The van der Waals surface area contributed by atoms with Gasteiger partial charge in [0.1, 0.15) is 0 Å². The fourth-order valence-corrected chi connectivity index (χ4v) is 2.26. The summed E-state index contributed by atoms with van der Waals surface area (Å²) < 4.78 is 28.6. The van der Waals surface area contributed by atoms with Gasteiger partial charge in [0, 0.05) is 11.6 Å². The van der Waals surface area contributed by atoms with Crippen molar-refractivity contribution in [3.05, 3.63) is 50.7 Å². The zero-order valence-electron chi connectivity index (χ0n) is 11.9. The van der Waals surface area contributed by atoms with Crippen molar-refractivity contribution in [2.24, 2.45) is 0 Å². The van der Waals surface area contributed by atoms with Gasteiger partial charge in [-0.05, 0) is 18.9 Å². The Morgan fingerprint density at radius 3 is 2.48 bits per heavy atom. The Morgan fingerprint density at radius 1 is 1.33 bits per heavy atom. The summed E-state index contributed by atoms with van der Waals surface area (Å²) in [4.78, 5) is 25.7. The van der Waals surface area contributed by atoms with Crippen molar-refractivity contribution in [3.8, 4) is 0 Å². The first-order valence-corrected chi connectivity index (χ1v) is 6.83. The zero-order chi connectivity index (χ0) is 15.7. The summed E-state index contributed by atoms with van der Waals surface area (Å²) in [5.41, 5.74) is -1.36. The molecule has 112 valence electrons. The molecule has 0 unspecified atom stereocenters. The standard InChI is InChI=1S/C13H10F2N2O2.C2H6/c1-2-7-10(15)9(14)5-8-11(7)17(6-3-4-6)13(19)16-12(8)18;1-2/h2,5-6H,1,3-4H2,(H,16,18,19);1-2H3. The Bertz CT molecular complexity index is 817. The summed E-state index contributed by atoms with van der Waals surface area (Å²) >= 11 is 0. The monoisotopic (exact) mass is 294 g/mol. The molecule has 1 N–H and O–H groups in total. The average Bonchev–Trinajstić information content (AvgIpc) is 3.28. The van der Waals surface area contributed by atoms with Gasteiger partial charge >= 0.3 is 5.69 Å². The maximum atomic E-state index is 13.8. The van der Waals surface area contributed by atoms with E-state index >= 15 is 0 Å². The van der Waals surface area contributed by atoms with Crippen LogP contribution in [0.4, 0.5) is 8.78 Å². The van der Waals surface area contributed by atoms with Gasteiger partial charge < -0.3 is 0 Å². The molecule has 0 spiro atoms. The van der Waals surface area contributed by atoms with Gasteiger partial charge in [-0.3, -0.25) is 14.3 Å². The molecule has 0 amide bonds. The number of aromatic amines is 1. The number of nitrogens with one attached hydrogen (secondary N) is 1. The van der Waals surface area contributed by atoms with Gasteiger partial charge in [-0.25, -0.2) is 13.6 Å². The van der Waals surface area contributed by atoms with Crippen LogP contribution in [0.2, 0.25) is 0 Å². The smallest absolute Gasteiger partial charge is 0.290 e. The second kappa shape index (κ2) is 5.63. The number of rotatable bonds is 2. The van der Waals surface area contributed by atoms with Gasteiger partial charge in [0.05, 0.1) is 10.9 Å². The topological polar surface area (TPSA) is 54.9 Å². The number of hydrogen-bond acceptors (Lipinski definition) is 2. The largest absolute Gasteiger partial charge is 0.329 e. The highest BCUT2D eigenvalue weighted by atomic mass is 19.2. The SMILES string of the molecule is C=Cc1c(F)c(F)cc2c(=O)[nH]c(=O)n(C3CC3)c12.CC. The fourth-order valence-electron chi connectivity index (χ4n) is 2.26. The molecule has 3 rings (SSSR count). The van der Waals surface area contributed by atoms with E-state index in [-0.39, 0.29) is 22.5 Å². The van der Waals surface area contributed by atoms with Gasteiger partial charge in [-0.2, -0.15) is 0 Å². The van der Waals surface area contributed by atoms with Crippen LogP contribution in [0, 0.1) is 11.6 Å². The molecule has 0 radical (unpaired) electrons. The van der Waals surface area contributed by atoms with Crippen LogP contribution < -0.4 is 11.2 Å². The summed E-state index contributed by atoms with van der Waals surface area (Å²) in [6.45, 7) is 7.43. The lowest BCUT2D eigenvalue weighted by Gasteiger charge is -2.11. The summed E-state index contributed by atoms with van der Waals surface area (Å²) in [6.07, 6.45) is 2.67. The first kappa shape index (κ1) is 15.2. The fraction of sp³-hybridized carbons (Fsp3) is 0.333. The molecule has 1 aromatic heterocycles. The van der Waals surface area contributed by atoms with E-state index < -0.39 is 22.9 Å². The van der Waals surface area contributed by atoms with Gasteiger partial charge in [-0.15, -0.1) is 0 Å². The predicted molar refractivity (Wildman–Crippen MR) is 78.5 cm³/mol. The summed E-state index contributed by atoms with van der Waals surface area (Å²) in [5.74, 6) is -2.23. The number of fused-ring (bicyclic) bond motifs is 1. The Hall–Kier alpha value is -2.24. The molecule has 0 bridgehead atoms. The summed E-state index contributed by atoms with van der Waals surface area (Å²) in [5, 5.41) is -0.0414. The highest BCUT2D eigenvalue weighted by Gasteiger charge is 2.29. The van der Waals surface area contributed by atoms with Crippen molar-refractivity contribution in [3.63, 3.8) is 0 Å². The lowest BCUT2D eigenvalue weighted by molar-refractivity contribution is 0.508. The Morgan fingerprint density at radius 2 is 1.95 bits per heavy atom. The van der Waals surface area contributed by atoms with Gasteiger partial charge in [0.25, 0.3) is 5.56 Å². The van der Waals surface area contributed by atoms with Crippen LogP contribution in [-0.2, 0) is 0 Å². The Labute approximate surface area is 119 Å². The van der Waals surface area contributed by atoms with E-state index in [1.807, 2.05) is 13.8 Å². The number of nitrogens with zero attached hydrogens (tertiary/aromatic N) is 1. The van der Waals surface area contributed by atoms with Crippen LogP contribution in [0.1, 0.15) is 38.3 Å². The minimum Gasteiger partial charge on any atom is -0.290 e. The first-order valence-electron chi connectivity index (χ1n) is 6.83. The maximum absolute atomic E-state index is 13.8. The van der Waals surface area contributed by atoms with E-state index in [0.717, 1.165) is 25.0 Å².